The van der Waals surface area contributed by atoms with Crippen molar-refractivity contribution in [1.82, 2.24) is 14.9 Å². The van der Waals surface area contributed by atoms with E-state index in [0.717, 1.165) is 55.2 Å². The number of nitrogens with zero attached hydrogens (tertiary/aromatic N) is 3. The van der Waals surface area contributed by atoms with Crippen LogP contribution in [0, 0.1) is 11.3 Å². The maximum Gasteiger partial charge on any atom is 0.263 e. The lowest BCUT2D eigenvalue weighted by atomic mass is 9.97. The van der Waals surface area contributed by atoms with E-state index < -0.39 is 0 Å². The van der Waals surface area contributed by atoms with E-state index in [2.05, 4.69) is 5.32 Å². The van der Waals surface area contributed by atoms with E-state index >= 15 is 0 Å². The van der Waals surface area contributed by atoms with Crippen molar-refractivity contribution in [3.63, 3.8) is 0 Å². The lowest BCUT2D eigenvalue weighted by Gasteiger charge is -2.18. The minimum absolute atomic E-state index is 0.0867. The summed E-state index contributed by atoms with van der Waals surface area (Å²) < 4.78 is 1.88. The molecule has 0 bridgehead atoms. The fourth-order valence-corrected chi connectivity index (χ4v) is 6.42. The number of aryl methyl sites for hydroxylation is 2. The van der Waals surface area contributed by atoms with Crippen molar-refractivity contribution < 1.29 is 4.79 Å². The molecule has 6 nitrogen and oxygen atoms in total. The second-order valence-electron chi connectivity index (χ2n) is 7.45. The number of hydrogen-bond donors (Lipinski definition) is 1. The maximum absolute atomic E-state index is 13.5. The largest absolute Gasteiger partial charge is 0.354 e. The molecule has 0 saturated heterocycles. The van der Waals surface area contributed by atoms with Gasteiger partial charge in [0.25, 0.3) is 5.56 Å². The van der Waals surface area contributed by atoms with Gasteiger partial charge in [0.2, 0.25) is 5.91 Å². The first-order valence-electron chi connectivity index (χ1n) is 10.0. The average molecular weight is 417 g/mol. The quantitative estimate of drug-likeness (QED) is 0.442. The van der Waals surface area contributed by atoms with Crippen LogP contribution in [0.1, 0.15) is 61.4 Å². The van der Waals surface area contributed by atoms with Gasteiger partial charge in [0.1, 0.15) is 4.83 Å². The van der Waals surface area contributed by atoms with E-state index in [1.807, 2.05) is 10.6 Å². The lowest BCUT2D eigenvalue weighted by Crippen LogP contribution is -2.29. The van der Waals surface area contributed by atoms with Crippen LogP contribution in [0.2, 0.25) is 0 Å². The maximum atomic E-state index is 13.5. The first-order chi connectivity index (χ1) is 13.7. The minimum atomic E-state index is -0.127. The van der Waals surface area contributed by atoms with Gasteiger partial charge in [-0.25, -0.2) is 4.98 Å². The van der Waals surface area contributed by atoms with Crippen LogP contribution < -0.4 is 10.9 Å². The van der Waals surface area contributed by atoms with Crippen LogP contribution in [0.5, 0.6) is 0 Å². The van der Waals surface area contributed by atoms with E-state index in [1.54, 1.807) is 11.3 Å². The van der Waals surface area contributed by atoms with Gasteiger partial charge >= 0.3 is 0 Å². The fraction of sp³-hybridized carbons (Fsp3) is 0.600. The summed E-state index contributed by atoms with van der Waals surface area (Å²) in [5, 5.41) is 12.8. The summed E-state index contributed by atoms with van der Waals surface area (Å²) in [6.45, 7) is 0.357. The Morgan fingerprint density at radius 3 is 2.86 bits per heavy atom. The monoisotopic (exact) mass is 416 g/mol. The third-order valence-electron chi connectivity index (χ3n) is 5.57. The van der Waals surface area contributed by atoms with Crippen LogP contribution in [0.15, 0.2) is 9.95 Å². The zero-order chi connectivity index (χ0) is 19.5. The summed E-state index contributed by atoms with van der Waals surface area (Å²) in [6.07, 6.45) is 8.91. The Bertz CT molecular complexity index is 983. The molecule has 1 fully saturated rings. The number of fused-ring (bicyclic) bond motifs is 3. The number of nitriles is 1. The van der Waals surface area contributed by atoms with Gasteiger partial charge in [0.05, 0.1) is 23.6 Å². The van der Waals surface area contributed by atoms with Crippen LogP contribution in [0.25, 0.3) is 10.2 Å². The third kappa shape index (κ3) is 3.83. The molecule has 8 heteroatoms. The highest BCUT2D eigenvalue weighted by Crippen LogP contribution is 2.37. The molecule has 2 aliphatic carbocycles. The number of amides is 1. The van der Waals surface area contributed by atoms with Crippen LogP contribution in [0.3, 0.4) is 0 Å². The van der Waals surface area contributed by atoms with Gasteiger partial charge < -0.3 is 5.32 Å². The highest BCUT2D eigenvalue weighted by Gasteiger charge is 2.27. The van der Waals surface area contributed by atoms with Crippen molar-refractivity contribution in [3.8, 4) is 6.07 Å². The highest BCUT2D eigenvalue weighted by atomic mass is 32.2. The molecule has 1 saturated carbocycles. The molecule has 0 radical (unpaired) electrons. The van der Waals surface area contributed by atoms with E-state index in [9.17, 15) is 9.59 Å². The number of thiophene rings is 1. The molecule has 148 valence electrons. The van der Waals surface area contributed by atoms with Gasteiger partial charge in [-0.05, 0) is 44.1 Å². The number of carbonyl (C=O) groups excluding carboxylic acids is 1. The zero-order valence-corrected chi connectivity index (χ0v) is 17.5. The Balaban J connectivity index is 1.68. The molecule has 0 aromatic carbocycles. The van der Waals surface area contributed by atoms with Gasteiger partial charge in [0.15, 0.2) is 5.16 Å². The van der Waals surface area contributed by atoms with Gasteiger partial charge in [-0.15, -0.1) is 11.3 Å². The normalized spacial score (nSPS) is 16.8. The molecule has 2 heterocycles. The van der Waals surface area contributed by atoms with Crippen molar-refractivity contribution in [3.05, 3.63) is 20.8 Å². The first-order valence-corrected chi connectivity index (χ1v) is 11.8. The molecule has 2 aliphatic rings. The second-order valence-corrected chi connectivity index (χ2v) is 9.47. The molecule has 1 amide bonds. The Morgan fingerprint density at radius 1 is 1.29 bits per heavy atom. The number of hydrogen-bond acceptors (Lipinski definition) is 6. The summed E-state index contributed by atoms with van der Waals surface area (Å²) in [5.74, 6) is 0.0827. The number of nitrogens with one attached hydrogen (secondary N) is 1. The number of rotatable bonds is 6. The number of carbonyl (C=O) groups is 1. The first kappa shape index (κ1) is 19.5. The summed E-state index contributed by atoms with van der Waals surface area (Å²) >= 11 is 2.99. The lowest BCUT2D eigenvalue weighted by molar-refractivity contribution is -0.118. The van der Waals surface area contributed by atoms with E-state index in [-0.39, 0.29) is 23.3 Å². The standard InChI is InChI=1S/C20H24N4O2S2/c21-10-5-11-22-16(25)12-27-20-23-18-17(14-8-3-4-9-15(14)28-18)19(26)24(20)13-6-1-2-7-13/h13H,1-9,11-12H2,(H,22,25). The number of aromatic nitrogens is 2. The van der Waals surface area contributed by atoms with Crippen molar-refractivity contribution in [2.24, 2.45) is 0 Å². The Labute approximate surface area is 172 Å². The van der Waals surface area contributed by atoms with Gasteiger partial charge in [-0.1, -0.05) is 24.6 Å². The second kappa shape index (κ2) is 8.66. The van der Waals surface area contributed by atoms with E-state index in [0.29, 0.717) is 18.1 Å². The number of thioether (sulfide) groups is 1. The van der Waals surface area contributed by atoms with Crippen molar-refractivity contribution >= 4 is 39.2 Å². The van der Waals surface area contributed by atoms with Crippen molar-refractivity contribution in [1.29, 1.82) is 5.26 Å². The van der Waals surface area contributed by atoms with E-state index in [1.165, 1.54) is 28.6 Å². The molecule has 1 N–H and O–H groups in total. The van der Waals surface area contributed by atoms with Gasteiger partial charge in [-0.3, -0.25) is 14.2 Å². The molecular weight excluding hydrogens is 392 g/mol. The molecule has 0 spiro atoms. The van der Waals surface area contributed by atoms with Gasteiger partial charge in [-0.2, -0.15) is 5.26 Å². The zero-order valence-electron chi connectivity index (χ0n) is 15.8. The highest BCUT2D eigenvalue weighted by molar-refractivity contribution is 7.99. The van der Waals surface area contributed by atoms with Crippen molar-refractivity contribution in [2.45, 2.75) is 69.0 Å². The molecular formula is C20H24N4O2S2. The summed E-state index contributed by atoms with van der Waals surface area (Å²) in [6, 6.07) is 2.20. The van der Waals surface area contributed by atoms with Crippen LogP contribution in [0.4, 0.5) is 0 Å². The fourth-order valence-electron chi connectivity index (χ4n) is 4.22. The Hall–Kier alpha value is -1.85. The van der Waals surface area contributed by atoms with Gasteiger partial charge in [0, 0.05) is 17.5 Å². The SMILES string of the molecule is N#CCCNC(=O)CSc1nc2sc3c(c2c(=O)n1C1CCCC1)CCCC3. The van der Waals surface area contributed by atoms with E-state index in [4.69, 9.17) is 10.2 Å². The van der Waals surface area contributed by atoms with Crippen LogP contribution in [-0.4, -0.2) is 27.8 Å². The molecule has 0 atom stereocenters. The average Bonchev–Trinajstić information content (AvgIpc) is 3.34. The topological polar surface area (TPSA) is 87.8 Å². The molecule has 0 aliphatic heterocycles. The summed E-state index contributed by atoms with van der Waals surface area (Å²) in [4.78, 5) is 32.6. The molecule has 2 aromatic heterocycles. The molecule has 2 aromatic rings. The molecule has 0 unspecified atom stereocenters. The Morgan fingerprint density at radius 2 is 2.07 bits per heavy atom. The smallest absolute Gasteiger partial charge is 0.263 e. The summed E-state index contributed by atoms with van der Waals surface area (Å²) in [7, 11) is 0. The minimum Gasteiger partial charge on any atom is -0.354 e. The summed E-state index contributed by atoms with van der Waals surface area (Å²) in [5.41, 5.74) is 1.31. The van der Waals surface area contributed by atoms with Crippen LogP contribution >= 0.6 is 23.1 Å². The third-order valence-corrected chi connectivity index (χ3v) is 7.71. The molecule has 4 rings (SSSR count). The Kier molecular flexibility index (Phi) is 6.02. The van der Waals surface area contributed by atoms with Crippen molar-refractivity contribution in [2.75, 3.05) is 12.3 Å². The molecule has 28 heavy (non-hydrogen) atoms. The van der Waals surface area contributed by atoms with Crippen LogP contribution in [-0.2, 0) is 17.6 Å². The predicted octanol–water partition coefficient (Wildman–Crippen LogP) is 3.57. The predicted molar refractivity (Wildman–Crippen MR) is 112 cm³/mol.